The number of carboxylic acid groups (broad SMARTS) is 1. The second kappa shape index (κ2) is 8.99. The fourth-order valence-corrected chi connectivity index (χ4v) is 2.38. The average molecular weight is 362 g/mol. The zero-order chi connectivity index (χ0) is 15.0. The minimum absolute atomic E-state index is 0.128. The van der Waals surface area contributed by atoms with Crippen molar-refractivity contribution in [3.05, 3.63) is 28.7 Å². The largest absolute Gasteiger partial charge is 0.481 e. The molecule has 0 bridgehead atoms. The number of benzene rings is 1. The summed E-state index contributed by atoms with van der Waals surface area (Å²) in [4.78, 5) is 23.2. The molecule has 1 aromatic carbocycles. The van der Waals surface area contributed by atoms with Gasteiger partial charge in [0.05, 0.1) is 18.3 Å². The number of amides is 1. The van der Waals surface area contributed by atoms with Crippen LogP contribution < -0.4 is 5.32 Å². The van der Waals surface area contributed by atoms with Gasteiger partial charge in [-0.15, -0.1) is 11.8 Å². The van der Waals surface area contributed by atoms with E-state index in [2.05, 4.69) is 21.2 Å². The lowest BCUT2D eigenvalue weighted by Crippen LogP contribution is -2.35. The number of nitrogens with one attached hydrogen (secondary N) is 1. The van der Waals surface area contributed by atoms with E-state index < -0.39 is 12.1 Å². The molecule has 0 heterocycles. The molecule has 0 aliphatic rings. The van der Waals surface area contributed by atoms with Crippen molar-refractivity contribution >= 4 is 39.6 Å². The van der Waals surface area contributed by atoms with Gasteiger partial charge in [0, 0.05) is 23.0 Å². The molecule has 7 heteroatoms. The minimum Gasteiger partial charge on any atom is -0.481 e. The molecular weight excluding hydrogens is 346 g/mol. The van der Waals surface area contributed by atoms with Crippen molar-refractivity contribution in [2.24, 2.45) is 0 Å². The van der Waals surface area contributed by atoms with Gasteiger partial charge in [-0.25, -0.2) is 0 Å². The Morgan fingerprint density at radius 1 is 1.40 bits per heavy atom. The molecule has 0 aromatic heterocycles. The van der Waals surface area contributed by atoms with Crippen LogP contribution in [0, 0.1) is 0 Å². The van der Waals surface area contributed by atoms with Gasteiger partial charge in [0.15, 0.2) is 0 Å². The second-order valence-electron chi connectivity index (χ2n) is 4.00. The predicted molar refractivity (Wildman–Crippen MR) is 80.9 cm³/mol. The summed E-state index contributed by atoms with van der Waals surface area (Å²) in [5, 5.41) is 11.3. The molecule has 1 unspecified atom stereocenters. The Morgan fingerprint density at radius 3 is 2.60 bits per heavy atom. The van der Waals surface area contributed by atoms with Crippen molar-refractivity contribution in [2.45, 2.75) is 17.4 Å². The number of rotatable bonds is 8. The van der Waals surface area contributed by atoms with Crippen molar-refractivity contribution in [3.8, 4) is 0 Å². The third kappa shape index (κ3) is 6.93. The smallest absolute Gasteiger partial charge is 0.306 e. The molecule has 1 aromatic rings. The van der Waals surface area contributed by atoms with Crippen LogP contribution in [0.4, 0.5) is 0 Å². The maximum absolute atomic E-state index is 11.6. The molecule has 0 saturated carbocycles. The highest BCUT2D eigenvalue weighted by molar-refractivity contribution is 9.10. The van der Waals surface area contributed by atoms with E-state index in [4.69, 9.17) is 9.84 Å². The molecule has 0 aliphatic heterocycles. The van der Waals surface area contributed by atoms with Crippen molar-refractivity contribution in [2.75, 3.05) is 19.4 Å². The Bertz CT molecular complexity index is 452. The Kier molecular flexibility index (Phi) is 7.64. The number of methoxy groups -OCH3 is 1. The molecular formula is C13H16BrNO4S. The van der Waals surface area contributed by atoms with Crippen LogP contribution >= 0.6 is 27.7 Å². The van der Waals surface area contributed by atoms with Crippen LogP contribution in [0.2, 0.25) is 0 Å². The highest BCUT2D eigenvalue weighted by atomic mass is 79.9. The van der Waals surface area contributed by atoms with E-state index in [9.17, 15) is 9.59 Å². The third-order valence-corrected chi connectivity index (χ3v) is 3.99. The van der Waals surface area contributed by atoms with E-state index in [-0.39, 0.29) is 24.6 Å². The molecule has 2 N–H and O–H groups in total. The summed E-state index contributed by atoms with van der Waals surface area (Å²) in [6, 6.07) is 7.66. The fraction of sp³-hybridized carbons (Fsp3) is 0.385. The number of carbonyl (C=O) groups is 2. The summed E-state index contributed by atoms with van der Waals surface area (Å²) in [5.41, 5.74) is 0. The van der Waals surface area contributed by atoms with Crippen LogP contribution in [0.3, 0.4) is 0 Å². The Labute approximate surface area is 130 Å². The zero-order valence-electron chi connectivity index (χ0n) is 11.0. The first-order chi connectivity index (χ1) is 9.51. The van der Waals surface area contributed by atoms with E-state index in [1.54, 1.807) is 0 Å². The highest BCUT2D eigenvalue weighted by Gasteiger charge is 2.13. The number of thioether (sulfide) groups is 1. The first kappa shape index (κ1) is 17.0. The van der Waals surface area contributed by atoms with E-state index >= 15 is 0 Å². The van der Waals surface area contributed by atoms with Crippen LogP contribution in [0.1, 0.15) is 6.42 Å². The summed E-state index contributed by atoms with van der Waals surface area (Å²) in [6.07, 6.45) is -0.634. The summed E-state index contributed by atoms with van der Waals surface area (Å²) in [6.45, 7) is 0.197. The van der Waals surface area contributed by atoms with E-state index in [0.29, 0.717) is 0 Å². The molecule has 0 saturated heterocycles. The van der Waals surface area contributed by atoms with E-state index in [0.717, 1.165) is 9.37 Å². The number of hydrogen-bond acceptors (Lipinski definition) is 4. The van der Waals surface area contributed by atoms with Crippen molar-refractivity contribution in [1.29, 1.82) is 0 Å². The van der Waals surface area contributed by atoms with Gasteiger partial charge in [-0.05, 0) is 24.3 Å². The van der Waals surface area contributed by atoms with E-state index in [1.165, 1.54) is 18.9 Å². The van der Waals surface area contributed by atoms with Gasteiger partial charge < -0.3 is 15.2 Å². The summed E-state index contributed by atoms with van der Waals surface area (Å²) < 4.78 is 5.97. The molecule has 20 heavy (non-hydrogen) atoms. The SMILES string of the molecule is COC(CNC(=O)CSc1ccc(Br)cc1)CC(=O)O. The van der Waals surface area contributed by atoms with Gasteiger partial charge in [0.2, 0.25) is 5.91 Å². The number of halogens is 1. The quantitative estimate of drug-likeness (QED) is 0.693. The first-order valence-corrected chi connectivity index (χ1v) is 7.68. The number of carbonyl (C=O) groups excluding carboxylic acids is 1. The number of ether oxygens (including phenoxy) is 1. The van der Waals surface area contributed by atoms with Crippen LogP contribution in [-0.4, -0.2) is 42.5 Å². The first-order valence-electron chi connectivity index (χ1n) is 5.91. The minimum atomic E-state index is -0.949. The fourth-order valence-electron chi connectivity index (χ4n) is 1.39. The maximum atomic E-state index is 11.6. The third-order valence-electron chi connectivity index (χ3n) is 2.45. The van der Waals surface area contributed by atoms with Gasteiger partial charge >= 0.3 is 5.97 Å². The molecule has 1 rings (SSSR count). The predicted octanol–water partition coefficient (Wildman–Crippen LogP) is 2.15. The van der Waals surface area contributed by atoms with Crippen molar-refractivity contribution < 1.29 is 19.4 Å². The van der Waals surface area contributed by atoms with Crippen molar-refractivity contribution in [1.82, 2.24) is 5.32 Å². The topological polar surface area (TPSA) is 75.6 Å². The standard InChI is InChI=1S/C13H16BrNO4S/c1-19-10(6-13(17)18)7-15-12(16)8-20-11-4-2-9(14)3-5-11/h2-5,10H,6-8H2,1H3,(H,15,16)(H,17,18). The highest BCUT2D eigenvalue weighted by Crippen LogP contribution is 2.20. The number of hydrogen-bond donors (Lipinski definition) is 2. The van der Waals surface area contributed by atoms with E-state index in [1.807, 2.05) is 24.3 Å². The van der Waals surface area contributed by atoms with Gasteiger partial charge in [-0.2, -0.15) is 0 Å². The van der Waals surface area contributed by atoms with Gasteiger partial charge in [0.1, 0.15) is 0 Å². The van der Waals surface area contributed by atoms with Crippen LogP contribution in [0.25, 0.3) is 0 Å². The van der Waals surface area contributed by atoms with Crippen LogP contribution in [0.15, 0.2) is 33.6 Å². The lowest BCUT2D eigenvalue weighted by molar-refractivity contribution is -0.140. The van der Waals surface area contributed by atoms with Crippen molar-refractivity contribution in [3.63, 3.8) is 0 Å². The lowest BCUT2D eigenvalue weighted by Gasteiger charge is -2.13. The van der Waals surface area contributed by atoms with Crippen LogP contribution in [0.5, 0.6) is 0 Å². The maximum Gasteiger partial charge on any atom is 0.306 e. The zero-order valence-corrected chi connectivity index (χ0v) is 13.4. The molecule has 0 fully saturated rings. The molecule has 1 atom stereocenters. The Morgan fingerprint density at radius 2 is 2.05 bits per heavy atom. The molecule has 5 nitrogen and oxygen atoms in total. The molecule has 0 aliphatic carbocycles. The number of carboxylic acids is 1. The monoisotopic (exact) mass is 361 g/mol. The van der Waals surface area contributed by atoms with Gasteiger partial charge in [-0.1, -0.05) is 15.9 Å². The second-order valence-corrected chi connectivity index (χ2v) is 5.97. The number of aliphatic carboxylic acids is 1. The molecule has 110 valence electrons. The average Bonchev–Trinajstić information content (AvgIpc) is 2.42. The summed E-state index contributed by atoms with van der Waals surface area (Å²) in [7, 11) is 1.43. The normalized spacial score (nSPS) is 11.9. The molecule has 1 amide bonds. The molecule has 0 radical (unpaired) electrons. The molecule has 0 spiro atoms. The summed E-state index contributed by atoms with van der Waals surface area (Å²) in [5.74, 6) is -0.814. The van der Waals surface area contributed by atoms with Gasteiger partial charge in [-0.3, -0.25) is 9.59 Å². The van der Waals surface area contributed by atoms with Gasteiger partial charge in [0.25, 0.3) is 0 Å². The Balaban J connectivity index is 2.29. The van der Waals surface area contributed by atoms with Crippen LogP contribution in [-0.2, 0) is 14.3 Å². The summed E-state index contributed by atoms with van der Waals surface area (Å²) >= 11 is 4.76. The Hall–Kier alpha value is -1.05. The lowest BCUT2D eigenvalue weighted by atomic mass is 10.2.